The van der Waals surface area contributed by atoms with E-state index in [-0.39, 0.29) is 0 Å². The standard InChI is InChI=1S/C14H16/c1-5-11-9-10-12(6-2)14(8-4)13(11)7-3/h5-7,9-10H,1-3,8H2,4H3. The van der Waals surface area contributed by atoms with Crippen molar-refractivity contribution in [3.05, 3.63) is 54.1 Å². The SMILES string of the molecule is C=Cc1ccc(C=C)c(CC)c1C=C. The average Bonchev–Trinajstić information content (AvgIpc) is 2.26. The van der Waals surface area contributed by atoms with Gasteiger partial charge in [0.2, 0.25) is 0 Å². The van der Waals surface area contributed by atoms with Gasteiger partial charge in [-0.1, -0.05) is 57.0 Å². The lowest BCUT2D eigenvalue weighted by atomic mass is 9.94. The van der Waals surface area contributed by atoms with Gasteiger partial charge in [-0.25, -0.2) is 0 Å². The Hall–Kier alpha value is -1.56. The van der Waals surface area contributed by atoms with Crippen LogP contribution >= 0.6 is 0 Å². The molecule has 0 aliphatic rings. The summed E-state index contributed by atoms with van der Waals surface area (Å²) in [4.78, 5) is 0. The summed E-state index contributed by atoms with van der Waals surface area (Å²) in [5, 5.41) is 0. The number of hydrogen-bond acceptors (Lipinski definition) is 0. The molecule has 1 aromatic rings. The fourth-order valence-electron chi connectivity index (χ4n) is 1.70. The van der Waals surface area contributed by atoms with Crippen LogP contribution in [0.25, 0.3) is 18.2 Å². The molecule has 0 atom stereocenters. The highest BCUT2D eigenvalue weighted by molar-refractivity contribution is 5.71. The van der Waals surface area contributed by atoms with Gasteiger partial charge in [0.1, 0.15) is 0 Å². The van der Waals surface area contributed by atoms with Crippen LogP contribution in [0.2, 0.25) is 0 Å². The second-order valence-corrected chi connectivity index (χ2v) is 3.10. The molecule has 0 saturated carbocycles. The van der Waals surface area contributed by atoms with Crippen LogP contribution < -0.4 is 0 Å². The minimum atomic E-state index is 0.990. The van der Waals surface area contributed by atoms with Gasteiger partial charge in [0.15, 0.2) is 0 Å². The number of rotatable bonds is 4. The van der Waals surface area contributed by atoms with E-state index < -0.39 is 0 Å². The van der Waals surface area contributed by atoms with Gasteiger partial charge in [-0.3, -0.25) is 0 Å². The zero-order valence-electron chi connectivity index (χ0n) is 8.72. The van der Waals surface area contributed by atoms with Crippen molar-refractivity contribution in [2.45, 2.75) is 13.3 Å². The van der Waals surface area contributed by atoms with Crippen molar-refractivity contribution in [2.24, 2.45) is 0 Å². The smallest absolute Gasteiger partial charge is 0.0152 e. The lowest BCUT2D eigenvalue weighted by Crippen LogP contribution is -1.94. The molecule has 72 valence electrons. The van der Waals surface area contributed by atoms with Gasteiger partial charge in [0.05, 0.1) is 0 Å². The van der Waals surface area contributed by atoms with Gasteiger partial charge in [-0.15, -0.1) is 0 Å². The van der Waals surface area contributed by atoms with E-state index in [1.54, 1.807) is 0 Å². The average molecular weight is 184 g/mol. The molecule has 0 nitrogen and oxygen atoms in total. The summed E-state index contributed by atoms with van der Waals surface area (Å²) in [5.74, 6) is 0. The summed E-state index contributed by atoms with van der Waals surface area (Å²) in [6.45, 7) is 13.6. The van der Waals surface area contributed by atoms with Crippen LogP contribution in [-0.4, -0.2) is 0 Å². The maximum Gasteiger partial charge on any atom is -0.0152 e. The second-order valence-electron chi connectivity index (χ2n) is 3.10. The lowest BCUT2D eigenvalue weighted by molar-refractivity contribution is 1.12. The molecule has 1 rings (SSSR count). The van der Waals surface area contributed by atoms with Crippen molar-refractivity contribution < 1.29 is 0 Å². The minimum Gasteiger partial charge on any atom is -0.0985 e. The summed E-state index contributed by atoms with van der Waals surface area (Å²) in [5.41, 5.74) is 4.81. The largest absolute Gasteiger partial charge is 0.0985 e. The van der Waals surface area contributed by atoms with Crippen LogP contribution in [0.3, 0.4) is 0 Å². The van der Waals surface area contributed by atoms with Crippen LogP contribution in [-0.2, 0) is 6.42 Å². The third-order valence-corrected chi connectivity index (χ3v) is 2.42. The molecule has 0 radical (unpaired) electrons. The highest BCUT2D eigenvalue weighted by Gasteiger charge is 2.05. The Morgan fingerprint density at radius 1 is 1.00 bits per heavy atom. The van der Waals surface area contributed by atoms with Gasteiger partial charge in [-0.2, -0.15) is 0 Å². The van der Waals surface area contributed by atoms with Gasteiger partial charge >= 0.3 is 0 Å². The van der Waals surface area contributed by atoms with E-state index in [2.05, 4.69) is 38.8 Å². The molecule has 0 saturated heterocycles. The summed E-state index contributed by atoms with van der Waals surface area (Å²) < 4.78 is 0. The molecule has 0 heterocycles. The van der Waals surface area contributed by atoms with Crippen LogP contribution in [0.1, 0.15) is 29.2 Å². The molecule has 0 amide bonds. The van der Waals surface area contributed by atoms with Crippen LogP contribution in [0.4, 0.5) is 0 Å². The second kappa shape index (κ2) is 4.61. The van der Waals surface area contributed by atoms with Crippen molar-refractivity contribution in [3.63, 3.8) is 0 Å². The van der Waals surface area contributed by atoms with Crippen LogP contribution in [0.15, 0.2) is 31.9 Å². The van der Waals surface area contributed by atoms with Crippen LogP contribution in [0, 0.1) is 0 Å². The van der Waals surface area contributed by atoms with E-state index in [1.807, 2.05) is 18.2 Å². The van der Waals surface area contributed by atoms with E-state index in [9.17, 15) is 0 Å². The van der Waals surface area contributed by atoms with Gasteiger partial charge in [0, 0.05) is 0 Å². The zero-order chi connectivity index (χ0) is 10.6. The van der Waals surface area contributed by atoms with Gasteiger partial charge in [0.25, 0.3) is 0 Å². The molecule has 14 heavy (non-hydrogen) atoms. The summed E-state index contributed by atoms with van der Waals surface area (Å²) in [6, 6.07) is 4.13. The van der Waals surface area contributed by atoms with Gasteiger partial charge < -0.3 is 0 Å². The molecule has 0 aliphatic heterocycles. The number of hydrogen-bond donors (Lipinski definition) is 0. The molecule has 0 N–H and O–H groups in total. The first-order chi connectivity index (χ1) is 6.78. The highest BCUT2D eigenvalue weighted by Crippen LogP contribution is 2.23. The quantitative estimate of drug-likeness (QED) is 0.658. The van der Waals surface area contributed by atoms with Crippen molar-refractivity contribution >= 4 is 18.2 Å². The Morgan fingerprint density at radius 2 is 1.57 bits per heavy atom. The topological polar surface area (TPSA) is 0 Å². The Bertz CT molecular complexity index is 370. The fraction of sp³-hybridized carbons (Fsp3) is 0.143. The molecule has 0 bridgehead atoms. The third-order valence-electron chi connectivity index (χ3n) is 2.42. The molecule has 1 aromatic carbocycles. The first-order valence-electron chi connectivity index (χ1n) is 4.81. The normalized spacial score (nSPS) is 9.50. The van der Waals surface area contributed by atoms with Crippen molar-refractivity contribution in [1.29, 1.82) is 0 Å². The Morgan fingerprint density at radius 3 is 2.00 bits per heavy atom. The molecule has 0 unspecified atom stereocenters. The summed E-state index contributed by atoms with van der Waals surface area (Å²) in [6.07, 6.45) is 6.63. The number of benzene rings is 1. The first kappa shape index (κ1) is 10.5. The first-order valence-corrected chi connectivity index (χ1v) is 4.81. The van der Waals surface area contributed by atoms with E-state index in [0.717, 1.165) is 12.0 Å². The molecular weight excluding hydrogens is 168 g/mol. The molecule has 0 aliphatic carbocycles. The van der Waals surface area contributed by atoms with Crippen molar-refractivity contribution in [2.75, 3.05) is 0 Å². The zero-order valence-corrected chi connectivity index (χ0v) is 8.72. The Kier molecular flexibility index (Phi) is 3.47. The summed E-state index contributed by atoms with van der Waals surface area (Å²) in [7, 11) is 0. The minimum absolute atomic E-state index is 0.990. The fourth-order valence-corrected chi connectivity index (χ4v) is 1.70. The maximum absolute atomic E-state index is 3.84. The highest BCUT2D eigenvalue weighted by atomic mass is 14.1. The third kappa shape index (κ3) is 1.69. The predicted octanol–water partition coefficient (Wildman–Crippen LogP) is 4.18. The Balaban J connectivity index is 3.50. The summed E-state index contributed by atoms with van der Waals surface area (Å²) >= 11 is 0. The van der Waals surface area contributed by atoms with Gasteiger partial charge in [-0.05, 0) is 28.7 Å². The molecule has 0 aromatic heterocycles. The maximum atomic E-state index is 3.84. The van der Waals surface area contributed by atoms with E-state index >= 15 is 0 Å². The Labute approximate surface area is 86.3 Å². The van der Waals surface area contributed by atoms with Crippen molar-refractivity contribution in [3.8, 4) is 0 Å². The molecule has 0 fully saturated rings. The van der Waals surface area contributed by atoms with Crippen molar-refractivity contribution in [1.82, 2.24) is 0 Å². The van der Waals surface area contributed by atoms with Crippen LogP contribution in [0.5, 0.6) is 0 Å². The lowest BCUT2D eigenvalue weighted by Gasteiger charge is -2.11. The monoisotopic (exact) mass is 184 g/mol. The molecular formula is C14H16. The van der Waals surface area contributed by atoms with E-state index in [0.29, 0.717) is 0 Å². The van der Waals surface area contributed by atoms with E-state index in [1.165, 1.54) is 16.7 Å². The molecule has 0 spiro atoms. The predicted molar refractivity (Wildman–Crippen MR) is 66.1 cm³/mol. The molecule has 0 heteroatoms. The van der Waals surface area contributed by atoms with E-state index in [4.69, 9.17) is 0 Å².